The van der Waals surface area contributed by atoms with E-state index >= 15 is 0 Å². The van der Waals surface area contributed by atoms with Gasteiger partial charge in [-0.1, -0.05) is 109 Å². The van der Waals surface area contributed by atoms with Gasteiger partial charge in [0.15, 0.2) is 0 Å². The van der Waals surface area contributed by atoms with Crippen molar-refractivity contribution in [3.63, 3.8) is 0 Å². The second-order valence-electron chi connectivity index (χ2n) is 8.01. The van der Waals surface area contributed by atoms with Crippen molar-refractivity contribution in [1.82, 2.24) is 4.98 Å². The monoisotopic (exact) mass is 407 g/mol. The first kappa shape index (κ1) is 18.5. The van der Waals surface area contributed by atoms with Gasteiger partial charge >= 0.3 is 0 Å². The van der Waals surface area contributed by atoms with Crippen LogP contribution in [-0.2, 0) is 0 Å². The van der Waals surface area contributed by atoms with Crippen molar-refractivity contribution in [2.45, 2.75) is 0 Å². The Morgan fingerprint density at radius 3 is 1.69 bits per heavy atom. The maximum absolute atomic E-state index is 4.87. The molecule has 0 radical (unpaired) electrons. The quantitative estimate of drug-likeness (QED) is 0.268. The number of fused-ring (bicyclic) bond motifs is 2. The molecule has 6 rings (SSSR count). The van der Waals surface area contributed by atoms with Crippen molar-refractivity contribution < 1.29 is 0 Å². The first-order valence-corrected chi connectivity index (χ1v) is 10.9. The van der Waals surface area contributed by atoms with Crippen LogP contribution in [0, 0.1) is 0 Å². The molecule has 0 saturated carbocycles. The Kier molecular flexibility index (Phi) is 4.51. The minimum atomic E-state index is 1.04. The van der Waals surface area contributed by atoms with Crippen LogP contribution in [0.25, 0.3) is 55.1 Å². The van der Waals surface area contributed by atoms with Gasteiger partial charge < -0.3 is 0 Å². The molecular weight excluding hydrogens is 386 g/mol. The van der Waals surface area contributed by atoms with Gasteiger partial charge in [-0.05, 0) is 50.7 Å². The molecule has 0 N–H and O–H groups in total. The van der Waals surface area contributed by atoms with E-state index < -0.39 is 0 Å². The Labute approximate surface area is 187 Å². The molecule has 0 aliphatic carbocycles. The molecule has 0 unspecified atom stereocenters. The fraction of sp³-hybridized carbons (Fsp3) is 0. The molecule has 0 atom stereocenters. The first-order chi connectivity index (χ1) is 15.9. The van der Waals surface area contributed by atoms with Gasteiger partial charge in [0.1, 0.15) is 0 Å². The highest BCUT2D eigenvalue weighted by Gasteiger charge is 2.17. The van der Waals surface area contributed by atoms with Crippen molar-refractivity contribution in [3.8, 4) is 33.4 Å². The Balaban J connectivity index is 1.71. The van der Waals surface area contributed by atoms with Crippen LogP contribution in [0.2, 0.25) is 0 Å². The van der Waals surface area contributed by atoms with Crippen LogP contribution >= 0.6 is 0 Å². The van der Waals surface area contributed by atoms with Crippen molar-refractivity contribution in [3.05, 3.63) is 128 Å². The lowest BCUT2D eigenvalue weighted by molar-refractivity contribution is 1.42. The molecule has 0 aliphatic rings. The topological polar surface area (TPSA) is 12.9 Å². The summed E-state index contributed by atoms with van der Waals surface area (Å²) in [6, 6.07) is 42.9. The molecular formula is C31H21N. The summed E-state index contributed by atoms with van der Waals surface area (Å²) in [5.41, 5.74) is 8.31. The summed E-state index contributed by atoms with van der Waals surface area (Å²) in [7, 11) is 0. The third kappa shape index (κ3) is 3.07. The fourth-order valence-corrected chi connectivity index (χ4v) is 4.69. The van der Waals surface area contributed by atoms with Gasteiger partial charge in [-0.15, -0.1) is 0 Å². The largest absolute Gasteiger partial charge is 0.256 e. The van der Waals surface area contributed by atoms with Crippen LogP contribution in [0.5, 0.6) is 0 Å². The van der Waals surface area contributed by atoms with Crippen LogP contribution in [0.4, 0.5) is 0 Å². The van der Waals surface area contributed by atoms with E-state index in [1.807, 2.05) is 12.3 Å². The van der Waals surface area contributed by atoms with Gasteiger partial charge in [-0.3, -0.25) is 4.98 Å². The van der Waals surface area contributed by atoms with E-state index in [1.165, 1.54) is 49.5 Å². The number of rotatable bonds is 3. The molecule has 0 saturated heterocycles. The fourth-order valence-electron chi connectivity index (χ4n) is 4.69. The Bertz CT molecular complexity index is 1490. The van der Waals surface area contributed by atoms with Crippen LogP contribution in [0.15, 0.2) is 128 Å². The van der Waals surface area contributed by atoms with Crippen LogP contribution < -0.4 is 0 Å². The molecule has 32 heavy (non-hydrogen) atoms. The van der Waals surface area contributed by atoms with Crippen LogP contribution in [0.3, 0.4) is 0 Å². The zero-order chi connectivity index (χ0) is 21.3. The second-order valence-corrected chi connectivity index (χ2v) is 8.01. The minimum Gasteiger partial charge on any atom is -0.256 e. The van der Waals surface area contributed by atoms with E-state index in [9.17, 15) is 0 Å². The zero-order valence-electron chi connectivity index (χ0n) is 17.6. The van der Waals surface area contributed by atoms with Gasteiger partial charge in [0, 0.05) is 17.1 Å². The van der Waals surface area contributed by atoms with Crippen LogP contribution in [0.1, 0.15) is 0 Å². The van der Waals surface area contributed by atoms with Gasteiger partial charge in [0.25, 0.3) is 0 Å². The van der Waals surface area contributed by atoms with Crippen molar-refractivity contribution in [1.29, 1.82) is 0 Å². The molecule has 0 spiro atoms. The molecule has 0 bridgehead atoms. The zero-order valence-corrected chi connectivity index (χ0v) is 17.6. The summed E-state index contributed by atoms with van der Waals surface area (Å²) in [4.78, 5) is 4.87. The molecule has 0 amide bonds. The van der Waals surface area contributed by atoms with E-state index in [-0.39, 0.29) is 0 Å². The number of hydrogen-bond donors (Lipinski definition) is 0. The summed E-state index contributed by atoms with van der Waals surface area (Å²) >= 11 is 0. The Morgan fingerprint density at radius 1 is 0.375 bits per heavy atom. The van der Waals surface area contributed by atoms with E-state index in [1.54, 1.807) is 0 Å². The maximum Gasteiger partial charge on any atom is 0.0792 e. The van der Waals surface area contributed by atoms with Gasteiger partial charge in [0.05, 0.1) is 5.52 Å². The van der Waals surface area contributed by atoms with Gasteiger partial charge in [-0.2, -0.15) is 0 Å². The third-order valence-electron chi connectivity index (χ3n) is 6.10. The molecule has 0 aliphatic heterocycles. The normalized spacial score (nSPS) is 11.1. The van der Waals surface area contributed by atoms with E-state index in [2.05, 4.69) is 115 Å². The molecule has 0 fully saturated rings. The van der Waals surface area contributed by atoms with Crippen LogP contribution in [-0.4, -0.2) is 4.98 Å². The molecule has 1 heteroatoms. The van der Waals surface area contributed by atoms with Gasteiger partial charge in [0.2, 0.25) is 0 Å². The highest BCUT2D eigenvalue weighted by molar-refractivity contribution is 6.20. The van der Waals surface area contributed by atoms with Gasteiger partial charge in [-0.25, -0.2) is 0 Å². The smallest absolute Gasteiger partial charge is 0.0792 e. The number of benzene rings is 5. The number of aromatic nitrogens is 1. The minimum absolute atomic E-state index is 1.04. The molecule has 150 valence electrons. The molecule has 1 aromatic heterocycles. The summed E-state index contributed by atoms with van der Waals surface area (Å²) < 4.78 is 0. The Morgan fingerprint density at radius 2 is 0.938 bits per heavy atom. The standard InChI is InChI=1S/C31H21N/c1-3-11-22(12-4-1)24-15-9-16-25(21-24)29-26-17-7-8-18-27(26)30(23-13-5-2-6-14-23)31-28(29)19-10-20-32-31/h1-21H. The van der Waals surface area contributed by atoms with E-state index in [0.717, 1.165) is 5.52 Å². The second kappa shape index (κ2) is 7.79. The summed E-state index contributed by atoms with van der Waals surface area (Å²) in [6.07, 6.45) is 1.90. The summed E-state index contributed by atoms with van der Waals surface area (Å²) in [6.45, 7) is 0. The highest BCUT2D eigenvalue weighted by atomic mass is 14.7. The third-order valence-corrected chi connectivity index (χ3v) is 6.10. The first-order valence-electron chi connectivity index (χ1n) is 10.9. The van der Waals surface area contributed by atoms with E-state index in [4.69, 9.17) is 4.98 Å². The average molecular weight is 408 g/mol. The average Bonchev–Trinajstić information content (AvgIpc) is 2.88. The SMILES string of the molecule is c1ccc(-c2cccc(-c3c4ccccc4c(-c4ccccc4)c4ncccc34)c2)cc1. The molecule has 1 heterocycles. The predicted molar refractivity (Wildman–Crippen MR) is 136 cm³/mol. The van der Waals surface area contributed by atoms with Crippen molar-refractivity contribution >= 4 is 21.7 Å². The lowest BCUT2D eigenvalue weighted by Crippen LogP contribution is -1.92. The maximum atomic E-state index is 4.87. The number of nitrogens with zero attached hydrogens (tertiary/aromatic N) is 1. The van der Waals surface area contributed by atoms with E-state index in [0.29, 0.717) is 0 Å². The lowest BCUT2D eigenvalue weighted by Gasteiger charge is -2.17. The molecule has 6 aromatic rings. The number of hydrogen-bond acceptors (Lipinski definition) is 1. The molecule has 1 nitrogen and oxygen atoms in total. The number of pyridine rings is 1. The van der Waals surface area contributed by atoms with Crippen molar-refractivity contribution in [2.75, 3.05) is 0 Å². The predicted octanol–water partition coefficient (Wildman–Crippen LogP) is 8.39. The summed E-state index contributed by atoms with van der Waals surface area (Å²) in [5.74, 6) is 0. The Hall–Kier alpha value is -4.23. The van der Waals surface area contributed by atoms with Crippen molar-refractivity contribution in [2.24, 2.45) is 0 Å². The lowest BCUT2D eigenvalue weighted by atomic mass is 9.87. The summed E-state index contributed by atoms with van der Waals surface area (Å²) in [5, 5.41) is 3.65. The molecule has 5 aromatic carbocycles. The highest BCUT2D eigenvalue weighted by Crippen LogP contribution is 2.43.